The Morgan fingerprint density at radius 3 is 2.52 bits per heavy atom. The highest BCUT2D eigenvalue weighted by Crippen LogP contribution is 2.25. The van der Waals surface area contributed by atoms with Crippen molar-refractivity contribution in [2.45, 2.75) is 6.61 Å². The summed E-state index contributed by atoms with van der Waals surface area (Å²) in [6, 6.07) is 16.7. The minimum Gasteiger partial charge on any atom is -0.472 e. The van der Waals surface area contributed by atoms with Gasteiger partial charge in [-0.2, -0.15) is 5.10 Å². The number of aryl methyl sites for hydroxylation is 1. The largest absolute Gasteiger partial charge is 0.472 e. The van der Waals surface area contributed by atoms with Crippen LogP contribution in [-0.2, 0) is 13.7 Å². The first-order valence-electron chi connectivity index (χ1n) is 7.15. The third-order valence-electron chi connectivity index (χ3n) is 3.47. The lowest BCUT2D eigenvalue weighted by Crippen LogP contribution is -2.07. The topological polar surface area (TPSA) is 44.1 Å². The molecular weight excluding hydrogens is 312 g/mol. The fourth-order valence-corrected chi connectivity index (χ4v) is 2.49. The van der Waals surface area contributed by atoms with E-state index in [1.165, 1.54) is 6.20 Å². The van der Waals surface area contributed by atoms with Gasteiger partial charge in [-0.1, -0.05) is 54.1 Å². The molecule has 0 atom stereocenters. The molecule has 0 fully saturated rings. The summed E-state index contributed by atoms with van der Waals surface area (Å²) in [6.07, 6.45) is 1.51. The van der Waals surface area contributed by atoms with Crippen LogP contribution >= 0.6 is 11.6 Å². The monoisotopic (exact) mass is 326 g/mol. The summed E-state index contributed by atoms with van der Waals surface area (Å²) in [5.41, 5.74) is 1.85. The third-order valence-corrected chi connectivity index (χ3v) is 3.80. The average molecular weight is 327 g/mol. The van der Waals surface area contributed by atoms with Crippen molar-refractivity contribution in [1.29, 1.82) is 0 Å². The van der Waals surface area contributed by atoms with Crippen molar-refractivity contribution in [3.8, 4) is 5.88 Å². The highest BCUT2D eigenvalue weighted by Gasteiger charge is 2.21. The molecule has 3 rings (SSSR count). The minimum absolute atomic E-state index is 0.202. The minimum atomic E-state index is -0.202. The molecule has 2 aromatic carbocycles. The van der Waals surface area contributed by atoms with Gasteiger partial charge >= 0.3 is 0 Å². The molecule has 0 aliphatic heterocycles. The summed E-state index contributed by atoms with van der Waals surface area (Å²) in [5, 5.41) is 4.55. The Balaban J connectivity index is 1.87. The Bertz CT molecular complexity index is 828. The standard InChI is InChI=1S/C18H15ClN2O2/c1-21-18(23-12-13-7-3-2-4-8-13)15(11-20-21)17(22)14-9-5-6-10-16(14)19/h2-11H,12H2,1H3. The Kier molecular flexibility index (Phi) is 4.44. The van der Waals surface area contributed by atoms with Crippen molar-refractivity contribution in [2.75, 3.05) is 0 Å². The van der Waals surface area contributed by atoms with Gasteiger partial charge in [0.25, 0.3) is 0 Å². The molecule has 116 valence electrons. The van der Waals surface area contributed by atoms with Gasteiger partial charge < -0.3 is 4.74 Å². The van der Waals surface area contributed by atoms with Crippen LogP contribution in [0.5, 0.6) is 5.88 Å². The Hall–Kier alpha value is -2.59. The second-order valence-electron chi connectivity index (χ2n) is 5.07. The lowest BCUT2D eigenvalue weighted by Gasteiger charge is -2.09. The van der Waals surface area contributed by atoms with Crippen LogP contribution in [0.2, 0.25) is 5.02 Å². The summed E-state index contributed by atoms with van der Waals surface area (Å²) in [7, 11) is 1.74. The quantitative estimate of drug-likeness (QED) is 0.668. The van der Waals surface area contributed by atoms with E-state index in [2.05, 4.69) is 5.10 Å². The van der Waals surface area contributed by atoms with Crippen molar-refractivity contribution in [2.24, 2.45) is 7.05 Å². The van der Waals surface area contributed by atoms with Gasteiger partial charge in [0, 0.05) is 12.6 Å². The number of carbonyl (C=O) groups excluding carboxylic acids is 1. The van der Waals surface area contributed by atoms with Gasteiger partial charge in [-0.25, -0.2) is 4.68 Å². The number of ketones is 1. The first-order valence-corrected chi connectivity index (χ1v) is 7.52. The van der Waals surface area contributed by atoms with E-state index >= 15 is 0 Å². The average Bonchev–Trinajstić information content (AvgIpc) is 2.94. The van der Waals surface area contributed by atoms with Gasteiger partial charge in [0.2, 0.25) is 11.7 Å². The second-order valence-corrected chi connectivity index (χ2v) is 5.48. The number of rotatable bonds is 5. The van der Waals surface area contributed by atoms with Gasteiger partial charge in [0.1, 0.15) is 12.2 Å². The van der Waals surface area contributed by atoms with Crippen LogP contribution in [0.3, 0.4) is 0 Å². The predicted octanol–water partition coefficient (Wildman–Crippen LogP) is 3.88. The Labute approximate surface area is 139 Å². The summed E-state index contributed by atoms with van der Waals surface area (Å²) in [4.78, 5) is 12.7. The smallest absolute Gasteiger partial charge is 0.223 e. The van der Waals surface area contributed by atoms with Crippen LogP contribution in [0.25, 0.3) is 0 Å². The predicted molar refractivity (Wildman–Crippen MR) is 88.9 cm³/mol. The molecular formula is C18H15ClN2O2. The van der Waals surface area contributed by atoms with Crippen LogP contribution in [-0.4, -0.2) is 15.6 Å². The molecule has 1 heterocycles. The molecule has 0 saturated carbocycles. The number of carbonyl (C=O) groups is 1. The van der Waals surface area contributed by atoms with E-state index in [0.717, 1.165) is 5.56 Å². The summed E-state index contributed by atoms with van der Waals surface area (Å²) < 4.78 is 7.36. The number of halogens is 1. The van der Waals surface area contributed by atoms with Gasteiger partial charge in [0.05, 0.1) is 11.2 Å². The number of hydrogen-bond acceptors (Lipinski definition) is 3. The first-order chi connectivity index (χ1) is 11.2. The molecule has 0 unspecified atom stereocenters. The maximum absolute atomic E-state index is 12.7. The summed E-state index contributed by atoms with van der Waals surface area (Å²) >= 11 is 6.11. The maximum atomic E-state index is 12.7. The van der Waals surface area contributed by atoms with Crippen molar-refractivity contribution >= 4 is 17.4 Å². The van der Waals surface area contributed by atoms with E-state index in [1.807, 2.05) is 30.3 Å². The molecule has 0 saturated heterocycles. The highest BCUT2D eigenvalue weighted by molar-refractivity contribution is 6.35. The molecule has 23 heavy (non-hydrogen) atoms. The summed E-state index contributed by atoms with van der Waals surface area (Å²) in [6.45, 7) is 0.364. The zero-order valence-corrected chi connectivity index (χ0v) is 13.3. The second kappa shape index (κ2) is 6.67. The molecule has 0 aliphatic carbocycles. The normalized spacial score (nSPS) is 10.5. The fourth-order valence-electron chi connectivity index (χ4n) is 2.27. The van der Waals surface area contributed by atoms with Crippen LogP contribution < -0.4 is 4.74 Å². The van der Waals surface area contributed by atoms with Crippen LogP contribution in [0.15, 0.2) is 60.8 Å². The molecule has 3 aromatic rings. The van der Waals surface area contributed by atoms with Crippen molar-refractivity contribution < 1.29 is 9.53 Å². The molecule has 0 spiro atoms. The van der Waals surface area contributed by atoms with E-state index in [1.54, 1.807) is 36.0 Å². The molecule has 5 heteroatoms. The molecule has 0 N–H and O–H groups in total. The molecule has 4 nitrogen and oxygen atoms in total. The summed E-state index contributed by atoms with van der Waals surface area (Å²) in [5.74, 6) is 0.227. The number of hydrogen-bond donors (Lipinski definition) is 0. The van der Waals surface area contributed by atoms with E-state index in [4.69, 9.17) is 16.3 Å². The molecule has 0 radical (unpaired) electrons. The molecule has 0 amide bonds. The molecule has 0 aliphatic rings. The van der Waals surface area contributed by atoms with E-state index in [9.17, 15) is 4.79 Å². The highest BCUT2D eigenvalue weighted by atomic mass is 35.5. The van der Waals surface area contributed by atoms with Crippen LogP contribution in [0.1, 0.15) is 21.5 Å². The van der Waals surface area contributed by atoms with Crippen LogP contribution in [0, 0.1) is 0 Å². The van der Waals surface area contributed by atoms with Crippen molar-refractivity contribution in [1.82, 2.24) is 9.78 Å². The number of nitrogens with zero attached hydrogens (tertiary/aromatic N) is 2. The first kappa shape index (κ1) is 15.3. The lowest BCUT2D eigenvalue weighted by atomic mass is 10.1. The SMILES string of the molecule is Cn1ncc(C(=O)c2ccccc2Cl)c1OCc1ccccc1. The maximum Gasteiger partial charge on any atom is 0.223 e. The van der Waals surface area contributed by atoms with E-state index in [-0.39, 0.29) is 5.78 Å². The van der Waals surface area contributed by atoms with Gasteiger partial charge in [-0.3, -0.25) is 4.79 Å². The van der Waals surface area contributed by atoms with E-state index in [0.29, 0.717) is 28.6 Å². The van der Waals surface area contributed by atoms with Gasteiger partial charge in [-0.05, 0) is 17.7 Å². The van der Waals surface area contributed by atoms with Gasteiger partial charge in [0.15, 0.2) is 0 Å². The Morgan fingerprint density at radius 1 is 1.09 bits per heavy atom. The third kappa shape index (κ3) is 3.27. The zero-order valence-electron chi connectivity index (χ0n) is 12.6. The zero-order chi connectivity index (χ0) is 16.2. The van der Waals surface area contributed by atoms with Crippen molar-refractivity contribution in [3.05, 3.63) is 82.5 Å². The van der Waals surface area contributed by atoms with E-state index < -0.39 is 0 Å². The molecule has 0 bridgehead atoms. The fraction of sp³-hybridized carbons (Fsp3) is 0.111. The Morgan fingerprint density at radius 2 is 1.78 bits per heavy atom. The molecule has 1 aromatic heterocycles. The number of aromatic nitrogens is 2. The van der Waals surface area contributed by atoms with Crippen LogP contribution in [0.4, 0.5) is 0 Å². The van der Waals surface area contributed by atoms with Gasteiger partial charge in [-0.15, -0.1) is 0 Å². The lowest BCUT2D eigenvalue weighted by molar-refractivity contribution is 0.103. The number of ether oxygens (including phenoxy) is 1. The van der Waals surface area contributed by atoms with Crippen molar-refractivity contribution in [3.63, 3.8) is 0 Å². The number of benzene rings is 2.